The second-order valence-electron chi connectivity index (χ2n) is 5.30. The summed E-state index contributed by atoms with van der Waals surface area (Å²) in [6, 6.07) is 8.28. The van der Waals surface area contributed by atoms with Crippen LogP contribution in [0.3, 0.4) is 0 Å². The van der Waals surface area contributed by atoms with Crippen LogP contribution >= 0.6 is 0 Å². The highest BCUT2D eigenvalue weighted by atomic mass is 16.4. The van der Waals surface area contributed by atoms with Crippen molar-refractivity contribution in [3.63, 3.8) is 0 Å². The molecule has 1 fully saturated rings. The van der Waals surface area contributed by atoms with Gasteiger partial charge < -0.3 is 10.4 Å². The maximum atomic E-state index is 10.8. The van der Waals surface area contributed by atoms with Crippen LogP contribution in [0.25, 0.3) is 0 Å². The molecule has 0 radical (unpaired) electrons. The summed E-state index contributed by atoms with van der Waals surface area (Å²) in [7, 11) is 0. The highest BCUT2D eigenvalue weighted by Gasteiger charge is 2.23. The number of rotatable bonds is 7. The van der Waals surface area contributed by atoms with Gasteiger partial charge in [-0.15, -0.1) is 0 Å². The Hall–Kier alpha value is -1.35. The summed E-state index contributed by atoms with van der Waals surface area (Å²) < 4.78 is 0. The largest absolute Gasteiger partial charge is 0.481 e. The molecule has 3 heteroatoms. The Morgan fingerprint density at radius 1 is 1.39 bits per heavy atom. The lowest BCUT2D eigenvalue weighted by atomic mass is 10.0. The fourth-order valence-corrected chi connectivity index (χ4v) is 2.29. The third-order valence-electron chi connectivity index (χ3n) is 3.48. The molecule has 0 aliphatic heterocycles. The minimum absolute atomic E-state index is 0.106. The number of carbonyl (C=O) groups is 1. The van der Waals surface area contributed by atoms with Gasteiger partial charge >= 0.3 is 5.97 Å². The van der Waals surface area contributed by atoms with E-state index in [1.165, 1.54) is 19.3 Å². The van der Waals surface area contributed by atoms with Crippen LogP contribution in [0.2, 0.25) is 0 Å². The number of nitrogens with one attached hydrogen (secondary N) is 1. The van der Waals surface area contributed by atoms with Crippen molar-refractivity contribution in [2.24, 2.45) is 5.92 Å². The summed E-state index contributed by atoms with van der Waals surface area (Å²) in [6.07, 6.45) is 4.10. The number of aliphatic carboxylic acids is 1. The van der Waals surface area contributed by atoms with Gasteiger partial charge in [0, 0.05) is 12.6 Å². The van der Waals surface area contributed by atoms with Crippen molar-refractivity contribution in [3.8, 4) is 0 Å². The quantitative estimate of drug-likeness (QED) is 0.778. The van der Waals surface area contributed by atoms with Gasteiger partial charge in [-0.2, -0.15) is 0 Å². The van der Waals surface area contributed by atoms with Crippen LogP contribution in [0.1, 0.15) is 37.3 Å². The van der Waals surface area contributed by atoms with E-state index in [0.717, 1.165) is 23.6 Å². The summed E-state index contributed by atoms with van der Waals surface area (Å²) in [5, 5.41) is 12.4. The van der Waals surface area contributed by atoms with Crippen molar-refractivity contribution < 1.29 is 9.90 Å². The van der Waals surface area contributed by atoms with Crippen molar-refractivity contribution in [1.82, 2.24) is 5.32 Å². The van der Waals surface area contributed by atoms with Crippen LogP contribution < -0.4 is 5.32 Å². The van der Waals surface area contributed by atoms with E-state index in [4.69, 9.17) is 5.11 Å². The first-order valence-electron chi connectivity index (χ1n) is 6.67. The Bertz CT molecular complexity index is 413. The lowest BCUT2D eigenvalue weighted by Crippen LogP contribution is -2.26. The van der Waals surface area contributed by atoms with Gasteiger partial charge in [-0.25, -0.2) is 0 Å². The average molecular weight is 247 g/mol. The van der Waals surface area contributed by atoms with Crippen molar-refractivity contribution in [2.75, 3.05) is 0 Å². The number of hydrogen-bond donors (Lipinski definition) is 2. The highest BCUT2D eigenvalue weighted by Crippen LogP contribution is 2.33. The molecule has 1 aromatic carbocycles. The number of benzene rings is 1. The molecule has 0 spiro atoms. The van der Waals surface area contributed by atoms with Crippen molar-refractivity contribution in [1.29, 1.82) is 0 Å². The molecule has 1 aliphatic carbocycles. The Kier molecular flexibility index (Phi) is 4.37. The van der Waals surface area contributed by atoms with E-state index in [9.17, 15) is 4.79 Å². The standard InChI is InChI=1S/C15H21NO2/c1-11(8-12-6-7-12)16-10-14-5-3-2-4-13(14)9-15(17)18/h2-5,11-12,16H,6-10H2,1H3,(H,17,18). The van der Waals surface area contributed by atoms with Crippen molar-refractivity contribution >= 4 is 5.97 Å². The molecule has 98 valence electrons. The first kappa shape index (κ1) is 13.1. The third kappa shape index (κ3) is 4.15. The zero-order chi connectivity index (χ0) is 13.0. The van der Waals surface area contributed by atoms with Crippen LogP contribution in [-0.4, -0.2) is 17.1 Å². The van der Waals surface area contributed by atoms with Crippen LogP contribution in [0.4, 0.5) is 0 Å². The first-order chi connectivity index (χ1) is 8.65. The second-order valence-corrected chi connectivity index (χ2v) is 5.30. The fraction of sp³-hybridized carbons (Fsp3) is 0.533. The summed E-state index contributed by atoms with van der Waals surface area (Å²) in [6.45, 7) is 2.97. The molecule has 3 nitrogen and oxygen atoms in total. The minimum Gasteiger partial charge on any atom is -0.481 e. The van der Waals surface area contributed by atoms with E-state index < -0.39 is 5.97 Å². The van der Waals surface area contributed by atoms with Gasteiger partial charge in [0.15, 0.2) is 0 Å². The Morgan fingerprint density at radius 3 is 2.67 bits per heavy atom. The second kappa shape index (κ2) is 6.01. The molecule has 2 N–H and O–H groups in total. The monoisotopic (exact) mass is 247 g/mol. The normalized spacial score (nSPS) is 16.5. The molecule has 0 bridgehead atoms. The third-order valence-corrected chi connectivity index (χ3v) is 3.48. The van der Waals surface area contributed by atoms with Crippen LogP contribution in [0.15, 0.2) is 24.3 Å². The minimum atomic E-state index is -0.770. The molecular weight excluding hydrogens is 226 g/mol. The summed E-state index contributed by atoms with van der Waals surface area (Å²) in [5.41, 5.74) is 2.01. The average Bonchev–Trinajstić information content (AvgIpc) is 3.11. The molecule has 2 rings (SSSR count). The molecule has 0 aromatic heterocycles. The van der Waals surface area contributed by atoms with Gasteiger partial charge in [0.05, 0.1) is 6.42 Å². The summed E-state index contributed by atoms with van der Waals surface area (Å²) in [5.74, 6) is 0.148. The number of hydrogen-bond acceptors (Lipinski definition) is 2. The first-order valence-corrected chi connectivity index (χ1v) is 6.67. The molecular formula is C15H21NO2. The number of carboxylic acids is 1. The van der Waals surface area contributed by atoms with Crippen LogP contribution in [0, 0.1) is 5.92 Å². The number of carboxylic acid groups (broad SMARTS) is 1. The topological polar surface area (TPSA) is 49.3 Å². The summed E-state index contributed by atoms with van der Waals surface area (Å²) in [4.78, 5) is 10.8. The van der Waals surface area contributed by atoms with Gasteiger partial charge in [-0.1, -0.05) is 37.1 Å². The molecule has 0 saturated heterocycles. The summed E-state index contributed by atoms with van der Waals surface area (Å²) >= 11 is 0. The predicted octanol–water partition coefficient (Wildman–Crippen LogP) is 2.59. The van der Waals surface area contributed by atoms with Gasteiger partial charge in [0.2, 0.25) is 0 Å². The van der Waals surface area contributed by atoms with E-state index in [1.54, 1.807) is 0 Å². The molecule has 18 heavy (non-hydrogen) atoms. The zero-order valence-electron chi connectivity index (χ0n) is 10.9. The van der Waals surface area contributed by atoms with Gasteiger partial charge in [-0.05, 0) is 30.4 Å². The predicted molar refractivity (Wildman–Crippen MR) is 71.4 cm³/mol. The zero-order valence-corrected chi connectivity index (χ0v) is 10.9. The lowest BCUT2D eigenvalue weighted by molar-refractivity contribution is -0.136. The Balaban J connectivity index is 1.88. The van der Waals surface area contributed by atoms with Gasteiger partial charge in [0.1, 0.15) is 0 Å². The molecule has 1 aromatic rings. The van der Waals surface area contributed by atoms with Gasteiger partial charge in [0.25, 0.3) is 0 Å². The lowest BCUT2D eigenvalue weighted by Gasteiger charge is -2.15. The van der Waals surface area contributed by atoms with E-state index in [0.29, 0.717) is 6.04 Å². The maximum absolute atomic E-state index is 10.8. The fourth-order valence-electron chi connectivity index (χ4n) is 2.29. The molecule has 0 amide bonds. The van der Waals surface area contributed by atoms with E-state index in [1.807, 2.05) is 24.3 Å². The van der Waals surface area contributed by atoms with E-state index >= 15 is 0 Å². The van der Waals surface area contributed by atoms with Crippen molar-refractivity contribution in [3.05, 3.63) is 35.4 Å². The Morgan fingerprint density at radius 2 is 2.06 bits per heavy atom. The smallest absolute Gasteiger partial charge is 0.307 e. The van der Waals surface area contributed by atoms with Crippen molar-refractivity contribution in [2.45, 2.75) is 45.2 Å². The molecule has 1 atom stereocenters. The Labute approximate surface area is 108 Å². The molecule has 1 aliphatic rings. The van der Waals surface area contributed by atoms with E-state index in [2.05, 4.69) is 12.2 Å². The highest BCUT2D eigenvalue weighted by molar-refractivity contribution is 5.70. The molecule has 1 saturated carbocycles. The maximum Gasteiger partial charge on any atom is 0.307 e. The SMILES string of the molecule is CC(CC1CC1)NCc1ccccc1CC(=O)O. The van der Waals surface area contributed by atoms with Gasteiger partial charge in [-0.3, -0.25) is 4.79 Å². The van der Waals surface area contributed by atoms with E-state index in [-0.39, 0.29) is 6.42 Å². The molecule has 0 heterocycles. The molecule has 1 unspecified atom stereocenters. The van der Waals surface area contributed by atoms with Crippen LogP contribution in [-0.2, 0) is 17.8 Å². The van der Waals surface area contributed by atoms with Crippen LogP contribution in [0.5, 0.6) is 0 Å².